The summed E-state index contributed by atoms with van der Waals surface area (Å²) in [5.74, 6) is -1.93. The standard InChI is InChI=1S/C17H20F2N2O2S/c1-17(2,3)24(23)21-16(12-5-6-13(18)14(19)8-12)15-7-4-11(10-22)9-20-15/h4-9,16,21-22H,10H2,1-3H3/t16?,24-/m1/s1. The first kappa shape index (κ1) is 18.6. The van der Waals surface area contributed by atoms with Crippen molar-refractivity contribution >= 4 is 11.0 Å². The zero-order valence-electron chi connectivity index (χ0n) is 13.7. The largest absolute Gasteiger partial charge is 0.392 e. The van der Waals surface area contributed by atoms with Crippen molar-refractivity contribution in [1.82, 2.24) is 9.71 Å². The van der Waals surface area contributed by atoms with Crippen LogP contribution in [0.25, 0.3) is 0 Å². The fourth-order valence-corrected chi connectivity index (χ4v) is 2.80. The van der Waals surface area contributed by atoms with Crippen LogP contribution < -0.4 is 4.72 Å². The van der Waals surface area contributed by atoms with Crippen LogP contribution in [0.15, 0.2) is 36.5 Å². The van der Waals surface area contributed by atoms with Gasteiger partial charge in [0.25, 0.3) is 0 Å². The maximum absolute atomic E-state index is 13.6. The Hall–Kier alpha value is -1.70. The molecule has 1 aromatic carbocycles. The van der Waals surface area contributed by atoms with Gasteiger partial charge in [0.05, 0.1) is 34.1 Å². The van der Waals surface area contributed by atoms with Gasteiger partial charge >= 0.3 is 0 Å². The van der Waals surface area contributed by atoms with Crippen LogP contribution in [0.5, 0.6) is 0 Å². The molecule has 0 radical (unpaired) electrons. The second kappa shape index (κ2) is 7.46. The Kier molecular flexibility index (Phi) is 5.79. The lowest BCUT2D eigenvalue weighted by molar-refractivity contribution is 0.281. The van der Waals surface area contributed by atoms with E-state index < -0.39 is 33.4 Å². The number of pyridine rings is 1. The molecular weight excluding hydrogens is 334 g/mol. The van der Waals surface area contributed by atoms with Gasteiger partial charge < -0.3 is 5.11 Å². The molecule has 0 amide bonds. The summed E-state index contributed by atoms with van der Waals surface area (Å²) in [5.41, 5.74) is 1.53. The molecule has 7 heteroatoms. The third-order valence-electron chi connectivity index (χ3n) is 3.38. The number of rotatable bonds is 5. The summed E-state index contributed by atoms with van der Waals surface area (Å²) in [5, 5.41) is 9.11. The van der Waals surface area contributed by atoms with Gasteiger partial charge in [-0.1, -0.05) is 12.1 Å². The van der Waals surface area contributed by atoms with Crippen molar-refractivity contribution in [2.24, 2.45) is 0 Å². The molecule has 0 saturated heterocycles. The zero-order valence-corrected chi connectivity index (χ0v) is 14.5. The van der Waals surface area contributed by atoms with Gasteiger partial charge in [0.1, 0.15) is 0 Å². The first-order chi connectivity index (χ1) is 11.2. The lowest BCUT2D eigenvalue weighted by Gasteiger charge is -2.24. The number of nitrogens with zero attached hydrogens (tertiary/aromatic N) is 1. The fourth-order valence-electron chi connectivity index (χ4n) is 1.98. The molecule has 130 valence electrons. The quantitative estimate of drug-likeness (QED) is 0.868. The van der Waals surface area contributed by atoms with Gasteiger partial charge in [0.2, 0.25) is 0 Å². The van der Waals surface area contributed by atoms with E-state index in [2.05, 4.69) is 9.71 Å². The van der Waals surface area contributed by atoms with E-state index in [1.54, 1.807) is 32.9 Å². The summed E-state index contributed by atoms with van der Waals surface area (Å²) >= 11 is 0. The number of aromatic nitrogens is 1. The molecule has 1 unspecified atom stereocenters. The number of hydrogen-bond acceptors (Lipinski definition) is 3. The van der Waals surface area contributed by atoms with Crippen LogP contribution in [0.4, 0.5) is 8.78 Å². The minimum absolute atomic E-state index is 0.148. The normalized spacial score (nSPS) is 14.4. The van der Waals surface area contributed by atoms with E-state index in [1.807, 2.05) is 0 Å². The van der Waals surface area contributed by atoms with Crippen LogP contribution in [0.2, 0.25) is 0 Å². The number of aliphatic hydroxyl groups excluding tert-OH is 1. The average Bonchev–Trinajstić information content (AvgIpc) is 2.54. The first-order valence-corrected chi connectivity index (χ1v) is 8.56. The number of hydrogen-bond donors (Lipinski definition) is 2. The fraction of sp³-hybridized carbons (Fsp3) is 0.353. The Bertz CT molecular complexity index is 730. The molecule has 1 aromatic heterocycles. The highest BCUT2D eigenvalue weighted by Crippen LogP contribution is 2.25. The molecule has 0 spiro atoms. The van der Waals surface area contributed by atoms with Gasteiger partial charge in [-0.25, -0.2) is 17.7 Å². The minimum atomic E-state index is -1.44. The van der Waals surface area contributed by atoms with Crippen LogP contribution in [0, 0.1) is 11.6 Å². The predicted molar refractivity (Wildman–Crippen MR) is 89.4 cm³/mol. The van der Waals surface area contributed by atoms with Crippen LogP contribution in [-0.4, -0.2) is 19.0 Å². The second-order valence-corrected chi connectivity index (χ2v) is 8.35. The molecule has 0 aliphatic rings. The molecule has 4 nitrogen and oxygen atoms in total. The summed E-state index contributed by atoms with van der Waals surface area (Å²) in [4.78, 5) is 4.24. The molecule has 0 aliphatic heterocycles. The second-order valence-electron chi connectivity index (χ2n) is 6.35. The molecule has 0 aliphatic carbocycles. The van der Waals surface area contributed by atoms with Gasteiger partial charge in [0.15, 0.2) is 11.6 Å². The van der Waals surface area contributed by atoms with E-state index in [0.29, 0.717) is 16.8 Å². The Balaban J connectivity index is 2.43. The molecular formula is C17H20F2N2O2S. The van der Waals surface area contributed by atoms with Crippen molar-refractivity contribution in [2.75, 3.05) is 0 Å². The van der Waals surface area contributed by atoms with E-state index in [1.165, 1.54) is 12.3 Å². The molecule has 2 N–H and O–H groups in total. The van der Waals surface area contributed by atoms with Crippen molar-refractivity contribution < 1.29 is 18.1 Å². The monoisotopic (exact) mass is 354 g/mol. The van der Waals surface area contributed by atoms with Gasteiger partial charge in [-0.05, 0) is 50.1 Å². The van der Waals surface area contributed by atoms with Crippen molar-refractivity contribution in [1.29, 1.82) is 0 Å². The SMILES string of the molecule is CC(C)(C)[S@@](=O)NC(c1ccc(F)c(F)c1)c1ccc(CO)cn1. The predicted octanol–water partition coefficient (Wildman–Crippen LogP) is 2.99. The van der Waals surface area contributed by atoms with Crippen LogP contribution in [0.1, 0.15) is 43.6 Å². The summed E-state index contributed by atoms with van der Waals surface area (Å²) in [6.07, 6.45) is 1.49. The molecule has 0 saturated carbocycles. The number of nitrogens with one attached hydrogen (secondary N) is 1. The molecule has 1 heterocycles. The molecule has 2 rings (SSSR count). The minimum Gasteiger partial charge on any atom is -0.392 e. The highest BCUT2D eigenvalue weighted by Gasteiger charge is 2.26. The van der Waals surface area contributed by atoms with Crippen molar-refractivity contribution in [3.8, 4) is 0 Å². The van der Waals surface area contributed by atoms with Crippen LogP contribution in [0.3, 0.4) is 0 Å². The smallest absolute Gasteiger partial charge is 0.159 e. The zero-order chi connectivity index (χ0) is 17.9. The maximum atomic E-state index is 13.6. The third kappa shape index (κ3) is 4.43. The summed E-state index contributed by atoms with van der Waals surface area (Å²) in [7, 11) is -1.44. The highest BCUT2D eigenvalue weighted by molar-refractivity contribution is 7.84. The van der Waals surface area contributed by atoms with Crippen molar-refractivity contribution in [2.45, 2.75) is 38.2 Å². The van der Waals surface area contributed by atoms with Gasteiger partial charge in [0, 0.05) is 6.20 Å². The lowest BCUT2D eigenvalue weighted by atomic mass is 10.0. The van der Waals surface area contributed by atoms with Crippen LogP contribution >= 0.6 is 0 Å². The van der Waals surface area contributed by atoms with Gasteiger partial charge in [-0.3, -0.25) is 4.98 Å². The molecule has 2 aromatic rings. The average molecular weight is 354 g/mol. The molecule has 24 heavy (non-hydrogen) atoms. The Morgan fingerprint density at radius 3 is 2.42 bits per heavy atom. The van der Waals surface area contributed by atoms with Gasteiger partial charge in [-0.15, -0.1) is 0 Å². The van der Waals surface area contributed by atoms with E-state index in [-0.39, 0.29) is 6.61 Å². The topological polar surface area (TPSA) is 62.2 Å². The first-order valence-electron chi connectivity index (χ1n) is 7.41. The Morgan fingerprint density at radius 1 is 1.21 bits per heavy atom. The summed E-state index contributed by atoms with van der Waals surface area (Å²) in [6.45, 7) is 5.27. The lowest BCUT2D eigenvalue weighted by Crippen LogP contribution is -2.36. The third-order valence-corrected chi connectivity index (χ3v) is 4.95. The molecule has 0 fully saturated rings. The van der Waals surface area contributed by atoms with E-state index in [0.717, 1.165) is 12.1 Å². The van der Waals surface area contributed by atoms with Crippen molar-refractivity contribution in [3.05, 3.63) is 65.0 Å². The molecule has 0 bridgehead atoms. The number of aliphatic hydroxyl groups is 1. The van der Waals surface area contributed by atoms with E-state index >= 15 is 0 Å². The highest BCUT2D eigenvalue weighted by atomic mass is 32.2. The van der Waals surface area contributed by atoms with E-state index in [9.17, 15) is 13.0 Å². The maximum Gasteiger partial charge on any atom is 0.159 e. The van der Waals surface area contributed by atoms with Crippen LogP contribution in [-0.2, 0) is 17.6 Å². The Morgan fingerprint density at radius 2 is 1.92 bits per heavy atom. The van der Waals surface area contributed by atoms with E-state index in [4.69, 9.17) is 5.11 Å². The van der Waals surface area contributed by atoms with Gasteiger partial charge in [-0.2, -0.15) is 0 Å². The summed E-state index contributed by atoms with van der Waals surface area (Å²) < 4.78 is 41.7. The van der Waals surface area contributed by atoms with Crippen molar-refractivity contribution in [3.63, 3.8) is 0 Å². The summed E-state index contributed by atoms with van der Waals surface area (Å²) in [6, 6.07) is 6.18. The number of benzene rings is 1. The Labute approximate surface area is 142 Å². The number of halogens is 2. The molecule has 2 atom stereocenters.